The fourth-order valence-electron chi connectivity index (χ4n) is 2.95. The lowest BCUT2D eigenvalue weighted by molar-refractivity contribution is -0.121. The van der Waals surface area contributed by atoms with Gasteiger partial charge in [-0.2, -0.15) is 9.41 Å². The summed E-state index contributed by atoms with van der Waals surface area (Å²) < 4.78 is 33.4. The predicted octanol–water partition coefficient (Wildman–Crippen LogP) is 4.16. The van der Waals surface area contributed by atoms with Gasteiger partial charge in [0.1, 0.15) is 0 Å². The van der Waals surface area contributed by atoms with E-state index in [4.69, 9.17) is 16.3 Å². The van der Waals surface area contributed by atoms with Gasteiger partial charge in [0.2, 0.25) is 10.0 Å². The molecule has 0 bridgehead atoms. The second-order valence-electron chi connectivity index (χ2n) is 7.04. The van der Waals surface area contributed by atoms with Crippen molar-refractivity contribution in [1.29, 1.82) is 0 Å². The van der Waals surface area contributed by atoms with Crippen LogP contribution >= 0.6 is 27.5 Å². The van der Waals surface area contributed by atoms with Gasteiger partial charge in [-0.15, -0.1) is 0 Å². The molecule has 0 spiro atoms. The number of nitrogens with one attached hydrogen (secondary N) is 1. The maximum atomic E-state index is 13.3. The molecule has 0 heterocycles. The van der Waals surface area contributed by atoms with Gasteiger partial charge < -0.3 is 9.84 Å². The Balaban J connectivity index is 1.80. The molecule has 34 heavy (non-hydrogen) atoms. The summed E-state index contributed by atoms with van der Waals surface area (Å²) in [6.07, 6.45) is 1.35. The Morgan fingerprint density at radius 3 is 2.56 bits per heavy atom. The number of rotatable bonds is 9. The van der Waals surface area contributed by atoms with Crippen LogP contribution in [0.4, 0.5) is 0 Å². The number of amides is 1. The second kappa shape index (κ2) is 11.5. The lowest BCUT2D eigenvalue weighted by atomic mass is 10.2. The topological polar surface area (TPSA) is 108 Å². The molecule has 178 valence electrons. The van der Waals surface area contributed by atoms with E-state index >= 15 is 0 Å². The molecule has 0 radical (unpaired) electrons. The highest BCUT2D eigenvalue weighted by Crippen LogP contribution is 2.26. The quantitative estimate of drug-likeness (QED) is 0.299. The summed E-state index contributed by atoms with van der Waals surface area (Å²) in [7, 11) is -2.61. The molecule has 0 aliphatic heterocycles. The minimum Gasteiger partial charge on any atom is -0.504 e. The van der Waals surface area contributed by atoms with Crippen molar-refractivity contribution in [2.75, 3.05) is 13.7 Å². The van der Waals surface area contributed by atoms with Crippen molar-refractivity contribution in [2.45, 2.75) is 11.4 Å². The number of ether oxygens (including phenoxy) is 1. The number of phenolic OH excluding ortho intramolecular Hbond substituents is 1. The van der Waals surface area contributed by atoms with E-state index in [0.717, 1.165) is 8.78 Å². The van der Waals surface area contributed by atoms with Crippen LogP contribution in [-0.2, 0) is 21.4 Å². The molecular formula is C23H21BrClN3O5S. The highest BCUT2D eigenvalue weighted by atomic mass is 79.9. The molecule has 1 amide bonds. The number of methoxy groups -OCH3 is 1. The van der Waals surface area contributed by atoms with Crippen molar-refractivity contribution in [3.05, 3.63) is 87.4 Å². The molecule has 2 N–H and O–H groups in total. The molecule has 0 atom stereocenters. The van der Waals surface area contributed by atoms with E-state index in [1.807, 2.05) is 0 Å². The predicted molar refractivity (Wildman–Crippen MR) is 134 cm³/mol. The Morgan fingerprint density at radius 1 is 1.18 bits per heavy atom. The third kappa shape index (κ3) is 6.57. The standard InChI is InChI=1S/C23H21BrClN3O5S/c1-33-22-12-16(6-11-21(22)29)13-26-27-23(30)15-28(14-17-4-2-3-5-20(17)25)34(31,32)19-9-7-18(24)8-10-19/h2-13,29H,14-15H2,1H3,(H,27,30)/b26-13+. The van der Waals surface area contributed by atoms with Crippen molar-refractivity contribution in [1.82, 2.24) is 9.73 Å². The van der Waals surface area contributed by atoms with E-state index in [0.29, 0.717) is 16.1 Å². The number of sulfonamides is 1. The Kier molecular flexibility index (Phi) is 8.67. The highest BCUT2D eigenvalue weighted by molar-refractivity contribution is 9.10. The number of hydrogen-bond acceptors (Lipinski definition) is 6. The van der Waals surface area contributed by atoms with Crippen molar-refractivity contribution in [3.63, 3.8) is 0 Å². The lowest BCUT2D eigenvalue weighted by Gasteiger charge is -2.22. The zero-order valence-corrected chi connectivity index (χ0v) is 21.1. The van der Waals surface area contributed by atoms with Gasteiger partial charge in [0.15, 0.2) is 11.5 Å². The van der Waals surface area contributed by atoms with Crippen LogP contribution in [0.5, 0.6) is 11.5 Å². The zero-order chi connectivity index (χ0) is 24.7. The SMILES string of the molecule is COc1cc(/C=N/NC(=O)CN(Cc2ccccc2Cl)S(=O)(=O)c2ccc(Br)cc2)ccc1O. The van der Waals surface area contributed by atoms with E-state index in [-0.39, 0.29) is 22.9 Å². The van der Waals surface area contributed by atoms with Crippen molar-refractivity contribution in [3.8, 4) is 11.5 Å². The number of hydrazone groups is 1. The highest BCUT2D eigenvalue weighted by Gasteiger charge is 2.27. The lowest BCUT2D eigenvalue weighted by Crippen LogP contribution is -2.39. The van der Waals surface area contributed by atoms with Crippen LogP contribution in [-0.4, -0.2) is 43.6 Å². The molecule has 0 aliphatic rings. The number of nitrogens with zero attached hydrogens (tertiary/aromatic N) is 2. The van der Waals surface area contributed by atoms with Gasteiger partial charge in [-0.05, 0) is 59.7 Å². The number of hydrogen-bond donors (Lipinski definition) is 2. The molecule has 11 heteroatoms. The molecule has 0 fully saturated rings. The number of halogens is 2. The number of carbonyl (C=O) groups is 1. The van der Waals surface area contributed by atoms with Gasteiger partial charge in [0.25, 0.3) is 5.91 Å². The first kappa shape index (κ1) is 25.7. The Hall–Kier alpha value is -2.92. The van der Waals surface area contributed by atoms with E-state index in [2.05, 4.69) is 26.5 Å². The average molecular weight is 567 g/mol. The first-order chi connectivity index (χ1) is 16.2. The van der Waals surface area contributed by atoms with Crippen LogP contribution in [0.15, 0.2) is 81.2 Å². The van der Waals surface area contributed by atoms with Gasteiger partial charge in [0, 0.05) is 16.0 Å². The fraction of sp³-hybridized carbons (Fsp3) is 0.130. The summed E-state index contributed by atoms with van der Waals surface area (Å²) in [5.74, 6) is -0.423. The second-order valence-corrected chi connectivity index (χ2v) is 10.3. The molecule has 0 saturated carbocycles. The van der Waals surface area contributed by atoms with Gasteiger partial charge in [0.05, 0.1) is 24.8 Å². The average Bonchev–Trinajstić information content (AvgIpc) is 2.81. The number of aromatic hydroxyl groups is 1. The summed E-state index contributed by atoms with van der Waals surface area (Å²) in [5.41, 5.74) is 3.44. The van der Waals surface area contributed by atoms with Gasteiger partial charge in [-0.3, -0.25) is 4.79 Å². The van der Waals surface area contributed by atoms with E-state index < -0.39 is 22.5 Å². The normalized spacial score (nSPS) is 11.6. The fourth-order valence-corrected chi connectivity index (χ4v) is 4.78. The van der Waals surface area contributed by atoms with Crippen molar-refractivity contribution >= 4 is 49.7 Å². The van der Waals surface area contributed by atoms with E-state index in [1.54, 1.807) is 42.5 Å². The maximum Gasteiger partial charge on any atom is 0.255 e. The molecule has 3 aromatic rings. The third-order valence-electron chi connectivity index (χ3n) is 4.68. The summed E-state index contributed by atoms with van der Waals surface area (Å²) in [4.78, 5) is 12.6. The smallest absolute Gasteiger partial charge is 0.255 e. The zero-order valence-electron chi connectivity index (χ0n) is 18.0. The first-order valence-corrected chi connectivity index (χ1v) is 12.5. The van der Waals surface area contributed by atoms with Gasteiger partial charge >= 0.3 is 0 Å². The van der Waals surface area contributed by atoms with Crippen molar-refractivity contribution in [2.24, 2.45) is 5.10 Å². The molecule has 8 nitrogen and oxygen atoms in total. The molecular weight excluding hydrogens is 546 g/mol. The van der Waals surface area contributed by atoms with Gasteiger partial charge in [-0.25, -0.2) is 13.8 Å². The number of phenols is 1. The van der Waals surface area contributed by atoms with Crippen molar-refractivity contribution < 1.29 is 23.1 Å². The summed E-state index contributed by atoms with van der Waals surface area (Å²) >= 11 is 9.52. The molecule has 0 saturated heterocycles. The minimum absolute atomic E-state index is 0.0305. The Bertz CT molecular complexity index is 1300. The number of benzene rings is 3. The van der Waals surface area contributed by atoms with Crippen LogP contribution in [0.25, 0.3) is 0 Å². The summed E-state index contributed by atoms with van der Waals surface area (Å²) in [6, 6.07) is 17.5. The van der Waals surface area contributed by atoms with Crippen LogP contribution in [0.1, 0.15) is 11.1 Å². The van der Waals surface area contributed by atoms with Crippen LogP contribution in [0.3, 0.4) is 0 Å². The minimum atomic E-state index is -4.02. The largest absolute Gasteiger partial charge is 0.504 e. The Morgan fingerprint density at radius 2 is 1.88 bits per heavy atom. The third-order valence-corrected chi connectivity index (χ3v) is 7.39. The molecule has 3 aromatic carbocycles. The monoisotopic (exact) mass is 565 g/mol. The van der Waals surface area contributed by atoms with Crippen LogP contribution in [0.2, 0.25) is 5.02 Å². The summed E-state index contributed by atoms with van der Waals surface area (Å²) in [5, 5.41) is 13.9. The Labute approximate surface area is 211 Å². The van der Waals surface area contributed by atoms with Crippen LogP contribution in [0, 0.1) is 0 Å². The van der Waals surface area contributed by atoms with E-state index in [1.165, 1.54) is 37.6 Å². The molecule has 3 rings (SSSR count). The molecule has 0 aromatic heterocycles. The van der Waals surface area contributed by atoms with Crippen LogP contribution < -0.4 is 10.2 Å². The summed E-state index contributed by atoms with van der Waals surface area (Å²) in [6.45, 7) is -0.593. The first-order valence-electron chi connectivity index (χ1n) is 9.88. The van der Waals surface area contributed by atoms with E-state index in [9.17, 15) is 18.3 Å². The molecule has 0 aliphatic carbocycles. The van der Waals surface area contributed by atoms with Gasteiger partial charge in [-0.1, -0.05) is 45.7 Å². The maximum absolute atomic E-state index is 13.3. The molecule has 0 unspecified atom stereocenters. The number of carbonyl (C=O) groups excluding carboxylic acids is 1.